The number of likely N-dealkylation sites (tertiary alicyclic amines) is 1. The Kier molecular flexibility index (Phi) is 6.49. The predicted molar refractivity (Wildman–Crippen MR) is 82.9 cm³/mol. The van der Waals surface area contributed by atoms with E-state index in [4.69, 9.17) is 0 Å². The third-order valence-electron chi connectivity index (χ3n) is 4.58. The molecule has 2 fully saturated rings. The standard InChI is InChI=1S/C16H29N3O2/c1-13(16(21)19-10-6-7-11-19)17-12-15(20)18-14-8-4-2-3-5-9-14/h13-14,17H,2-12H2,1H3,(H,18,20). The molecule has 1 saturated heterocycles. The lowest BCUT2D eigenvalue weighted by atomic mass is 10.1. The van der Waals surface area contributed by atoms with Crippen LogP contribution in [0.5, 0.6) is 0 Å². The van der Waals surface area contributed by atoms with Gasteiger partial charge in [0.05, 0.1) is 12.6 Å². The normalized spacial score (nSPS) is 21.9. The Bertz CT molecular complexity index is 345. The first-order chi connectivity index (χ1) is 10.2. The summed E-state index contributed by atoms with van der Waals surface area (Å²) in [5.41, 5.74) is 0. The maximum absolute atomic E-state index is 12.1. The minimum Gasteiger partial charge on any atom is -0.352 e. The number of nitrogens with one attached hydrogen (secondary N) is 2. The molecule has 0 spiro atoms. The summed E-state index contributed by atoms with van der Waals surface area (Å²) in [5, 5.41) is 6.16. The maximum atomic E-state index is 12.1. The van der Waals surface area contributed by atoms with Gasteiger partial charge in [-0.25, -0.2) is 0 Å². The molecule has 1 heterocycles. The van der Waals surface area contributed by atoms with Gasteiger partial charge in [-0.05, 0) is 32.6 Å². The van der Waals surface area contributed by atoms with Gasteiger partial charge < -0.3 is 10.2 Å². The van der Waals surface area contributed by atoms with E-state index in [2.05, 4.69) is 10.6 Å². The fourth-order valence-corrected chi connectivity index (χ4v) is 3.25. The molecule has 1 aliphatic carbocycles. The van der Waals surface area contributed by atoms with Crippen LogP contribution in [0, 0.1) is 0 Å². The second-order valence-electron chi connectivity index (χ2n) is 6.39. The van der Waals surface area contributed by atoms with Gasteiger partial charge in [0.1, 0.15) is 0 Å². The number of carbonyl (C=O) groups excluding carboxylic acids is 2. The third kappa shape index (κ3) is 5.30. The van der Waals surface area contributed by atoms with Crippen LogP contribution in [0.25, 0.3) is 0 Å². The molecule has 2 rings (SSSR count). The van der Waals surface area contributed by atoms with Crippen LogP contribution < -0.4 is 10.6 Å². The van der Waals surface area contributed by atoms with E-state index in [1.807, 2.05) is 11.8 Å². The summed E-state index contributed by atoms with van der Waals surface area (Å²) < 4.78 is 0. The molecular formula is C16H29N3O2. The Labute approximate surface area is 127 Å². The summed E-state index contributed by atoms with van der Waals surface area (Å²) in [6.45, 7) is 3.80. The number of carbonyl (C=O) groups is 2. The maximum Gasteiger partial charge on any atom is 0.239 e. The van der Waals surface area contributed by atoms with Crippen molar-refractivity contribution in [2.24, 2.45) is 0 Å². The molecule has 1 saturated carbocycles. The summed E-state index contributed by atoms with van der Waals surface area (Å²) in [6.07, 6.45) is 9.37. The fourth-order valence-electron chi connectivity index (χ4n) is 3.25. The molecule has 0 aromatic heterocycles. The van der Waals surface area contributed by atoms with Crippen molar-refractivity contribution in [2.75, 3.05) is 19.6 Å². The minimum absolute atomic E-state index is 0.0166. The Morgan fingerprint density at radius 1 is 1.05 bits per heavy atom. The van der Waals surface area contributed by atoms with Gasteiger partial charge in [-0.1, -0.05) is 25.7 Å². The molecule has 0 radical (unpaired) electrons. The SMILES string of the molecule is CC(NCC(=O)NC1CCCCCC1)C(=O)N1CCCC1. The molecule has 5 heteroatoms. The largest absolute Gasteiger partial charge is 0.352 e. The number of amides is 2. The van der Waals surface area contributed by atoms with Gasteiger partial charge in [-0.2, -0.15) is 0 Å². The molecule has 0 aromatic rings. The molecule has 1 aliphatic heterocycles. The fraction of sp³-hybridized carbons (Fsp3) is 0.875. The van der Waals surface area contributed by atoms with Gasteiger partial charge in [-0.15, -0.1) is 0 Å². The molecular weight excluding hydrogens is 266 g/mol. The van der Waals surface area contributed by atoms with Gasteiger partial charge in [0, 0.05) is 19.1 Å². The van der Waals surface area contributed by atoms with Crippen LogP contribution in [0.15, 0.2) is 0 Å². The van der Waals surface area contributed by atoms with Crippen LogP contribution in [0.3, 0.4) is 0 Å². The highest BCUT2D eigenvalue weighted by Gasteiger charge is 2.23. The summed E-state index contributed by atoms with van der Waals surface area (Å²) in [5.74, 6) is 0.137. The van der Waals surface area contributed by atoms with E-state index in [1.165, 1.54) is 25.7 Å². The van der Waals surface area contributed by atoms with Crippen molar-refractivity contribution in [2.45, 2.75) is 70.4 Å². The van der Waals surface area contributed by atoms with Gasteiger partial charge in [0.2, 0.25) is 11.8 Å². The van der Waals surface area contributed by atoms with E-state index in [9.17, 15) is 9.59 Å². The number of nitrogens with zero attached hydrogens (tertiary/aromatic N) is 1. The first kappa shape index (κ1) is 16.3. The molecule has 2 N–H and O–H groups in total. The molecule has 1 unspecified atom stereocenters. The quantitative estimate of drug-likeness (QED) is 0.754. The van der Waals surface area contributed by atoms with E-state index in [0.717, 1.165) is 38.8 Å². The average Bonchev–Trinajstić information content (AvgIpc) is 2.90. The van der Waals surface area contributed by atoms with Gasteiger partial charge in [0.15, 0.2) is 0 Å². The van der Waals surface area contributed by atoms with Crippen LogP contribution in [0.2, 0.25) is 0 Å². The van der Waals surface area contributed by atoms with E-state index in [0.29, 0.717) is 6.04 Å². The van der Waals surface area contributed by atoms with Crippen molar-refractivity contribution < 1.29 is 9.59 Å². The molecule has 2 amide bonds. The highest BCUT2D eigenvalue weighted by molar-refractivity contribution is 5.83. The van der Waals surface area contributed by atoms with Crippen molar-refractivity contribution in [1.82, 2.24) is 15.5 Å². The van der Waals surface area contributed by atoms with E-state index >= 15 is 0 Å². The summed E-state index contributed by atoms with van der Waals surface area (Å²) in [7, 11) is 0. The monoisotopic (exact) mass is 295 g/mol. The number of hydrogen-bond donors (Lipinski definition) is 2. The first-order valence-electron chi connectivity index (χ1n) is 8.48. The molecule has 120 valence electrons. The highest BCUT2D eigenvalue weighted by atomic mass is 16.2. The zero-order valence-electron chi connectivity index (χ0n) is 13.2. The highest BCUT2D eigenvalue weighted by Crippen LogP contribution is 2.17. The Hall–Kier alpha value is -1.10. The smallest absolute Gasteiger partial charge is 0.239 e. The van der Waals surface area contributed by atoms with Crippen molar-refractivity contribution in [3.8, 4) is 0 Å². The van der Waals surface area contributed by atoms with E-state index in [-0.39, 0.29) is 24.4 Å². The summed E-state index contributed by atoms with van der Waals surface area (Å²) >= 11 is 0. The summed E-state index contributed by atoms with van der Waals surface area (Å²) in [6, 6.07) is 0.0503. The predicted octanol–water partition coefficient (Wildman–Crippen LogP) is 1.43. The van der Waals surface area contributed by atoms with Gasteiger partial charge >= 0.3 is 0 Å². The van der Waals surface area contributed by atoms with Gasteiger partial charge in [-0.3, -0.25) is 14.9 Å². The molecule has 0 aromatic carbocycles. The van der Waals surface area contributed by atoms with E-state index < -0.39 is 0 Å². The molecule has 5 nitrogen and oxygen atoms in total. The van der Waals surface area contributed by atoms with Crippen molar-refractivity contribution in [3.63, 3.8) is 0 Å². The average molecular weight is 295 g/mol. The van der Waals surface area contributed by atoms with Crippen molar-refractivity contribution in [3.05, 3.63) is 0 Å². The van der Waals surface area contributed by atoms with Crippen LogP contribution in [-0.2, 0) is 9.59 Å². The molecule has 0 bridgehead atoms. The van der Waals surface area contributed by atoms with Crippen LogP contribution in [0.1, 0.15) is 58.3 Å². The zero-order chi connectivity index (χ0) is 15.1. The second kappa shape index (κ2) is 8.37. The number of rotatable bonds is 5. The lowest BCUT2D eigenvalue weighted by molar-refractivity contribution is -0.132. The summed E-state index contributed by atoms with van der Waals surface area (Å²) in [4.78, 5) is 26.0. The lowest BCUT2D eigenvalue weighted by Crippen LogP contribution is -2.48. The lowest BCUT2D eigenvalue weighted by Gasteiger charge is -2.22. The van der Waals surface area contributed by atoms with Crippen LogP contribution >= 0.6 is 0 Å². The number of hydrogen-bond acceptors (Lipinski definition) is 3. The molecule has 21 heavy (non-hydrogen) atoms. The van der Waals surface area contributed by atoms with E-state index in [1.54, 1.807) is 0 Å². The Morgan fingerprint density at radius 2 is 1.67 bits per heavy atom. The first-order valence-corrected chi connectivity index (χ1v) is 8.48. The van der Waals surface area contributed by atoms with Crippen molar-refractivity contribution in [1.29, 1.82) is 0 Å². The zero-order valence-corrected chi connectivity index (χ0v) is 13.2. The molecule has 2 aliphatic rings. The molecule has 1 atom stereocenters. The Morgan fingerprint density at radius 3 is 2.29 bits per heavy atom. The second-order valence-corrected chi connectivity index (χ2v) is 6.39. The third-order valence-corrected chi connectivity index (χ3v) is 4.58. The van der Waals surface area contributed by atoms with Crippen molar-refractivity contribution >= 4 is 11.8 Å². The topological polar surface area (TPSA) is 61.4 Å². The Balaban J connectivity index is 1.66. The van der Waals surface area contributed by atoms with Crippen LogP contribution in [0.4, 0.5) is 0 Å². The minimum atomic E-state index is -0.275. The van der Waals surface area contributed by atoms with Gasteiger partial charge in [0.25, 0.3) is 0 Å². The van der Waals surface area contributed by atoms with Crippen LogP contribution in [-0.4, -0.2) is 48.4 Å².